The minimum absolute atomic E-state index is 0.0282. The van der Waals surface area contributed by atoms with Crippen molar-refractivity contribution in [2.45, 2.75) is 13.3 Å². The Bertz CT molecular complexity index is 700. The van der Waals surface area contributed by atoms with Crippen LogP contribution in [0.5, 0.6) is 0 Å². The van der Waals surface area contributed by atoms with E-state index in [1.807, 2.05) is 24.4 Å². The number of carbonyl (C=O) groups excluding carboxylic acids is 1. The lowest BCUT2D eigenvalue weighted by molar-refractivity contribution is -0.117. The van der Waals surface area contributed by atoms with Gasteiger partial charge in [0.2, 0.25) is 5.91 Å². The molecule has 0 aliphatic carbocycles. The molecule has 1 unspecified atom stereocenters. The van der Waals surface area contributed by atoms with Gasteiger partial charge < -0.3 is 0 Å². The van der Waals surface area contributed by atoms with E-state index in [1.54, 1.807) is 16.2 Å². The molecule has 108 valence electrons. The van der Waals surface area contributed by atoms with Crippen LogP contribution in [0.4, 0.5) is 5.82 Å². The van der Waals surface area contributed by atoms with Crippen molar-refractivity contribution in [3.8, 4) is 10.6 Å². The van der Waals surface area contributed by atoms with Crippen molar-refractivity contribution in [2.75, 3.05) is 18.0 Å². The third-order valence-electron chi connectivity index (χ3n) is 3.62. The van der Waals surface area contributed by atoms with Crippen LogP contribution in [0.1, 0.15) is 12.0 Å². The summed E-state index contributed by atoms with van der Waals surface area (Å²) >= 11 is 1.63. The summed E-state index contributed by atoms with van der Waals surface area (Å²) in [5.41, 5.74) is 10.3. The van der Waals surface area contributed by atoms with E-state index < -0.39 is 0 Å². The number of anilines is 1. The Balaban J connectivity index is 1.85. The molecule has 0 radical (unpaired) electrons. The van der Waals surface area contributed by atoms with Gasteiger partial charge in [0.1, 0.15) is 0 Å². The summed E-state index contributed by atoms with van der Waals surface area (Å²) < 4.78 is 0. The molecule has 2 aromatic heterocycles. The lowest BCUT2D eigenvalue weighted by Crippen LogP contribution is -2.25. The summed E-state index contributed by atoms with van der Waals surface area (Å²) in [5, 5.41) is 12.9. The summed E-state index contributed by atoms with van der Waals surface area (Å²) in [4.78, 5) is 17.7. The van der Waals surface area contributed by atoms with Crippen molar-refractivity contribution >= 4 is 23.1 Å². The molecule has 0 aromatic carbocycles. The topological polar surface area (TPSA) is 97.8 Å². The largest absolute Gasteiger partial charge is 0.295 e. The second-order valence-electron chi connectivity index (χ2n) is 5.01. The van der Waals surface area contributed by atoms with Gasteiger partial charge in [0.05, 0.1) is 10.6 Å². The maximum absolute atomic E-state index is 12.1. The molecule has 21 heavy (non-hydrogen) atoms. The monoisotopic (exact) mass is 302 g/mol. The molecule has 3 rings (SSSR count). The molecule has 1 saturated heterocycles. The van der Waals surface area contributed by atoms with E-state index in [0.717, 1.165) is 16.1 Å². The Morgan fingerprint density at radius 2 is 2.52 bits per heavy atom. The number of rotatable bonds is 4. The Kier molecular flexibility index (Phi) is 3.64. The molecule has 1 aliphatic heterocycles. The van der Waals surface area contributed by atoms with Crippen LogP contribution < -0.4 is 4.90 Å². The summed E-state index contributed by atoms with van der Waals surface area (Å²) in [6, 6.07) is 4.00. The Morgan fingerprint density at radius 1 is 1.67 bits per heavy atom. The number of amides is 1. The molecule has 0 spiro atoms. The van der Waals surface area contributed by atoms with Gasteiger partial charge in [0.25, 0.3) is 0 Å². The fraction of sp³-hybridized carbons (Fsp3) is 0.385. The lowest BCUT2D eigenvalue weighted by Gasteiger charge is -2.14. The van der Waals surface area contributed by atoms with Gasteiger partial charge in [-0.15, -0.1) is 11.3 Å². The van der Waals surface area contributed by atoms with E-state index in [-0.39, 0.29) is 11.8 Å². The van der Waals surface area contributed by atoms with Crippen molar-refractivity contribution in [1.29, 1.82) is 0 Å². The average molecular weight is 302 g/mol. The van der Waals surface area contributed by atoms with Gasteiger partial charge in [-0.3, -0.25) is 14.8 Å². The third kappa shape index (κ3) is 2.51. The second-order valence-corrected chi connectivity index (χ2v) is 5.96. The molecule has 7 nitrogen and oxygen atoms in total. The standard InChI is InChI=1S/C13H14N6OS/c1-8-12(10-3-2-4-21-10)16-17-13(8)19-7-9(5-11(19)20)6-15-18-14/h2-4,9H,5-7H2,1H3,(H,16,17). The van der Waals surface area contributed by atoms with Crippen molar-refractivity contribution in [3.05, 3.63) is 33.5 Å². The summed E-state index contributed by atoms with van der Waals surface area (Å²) in [5.74, 6) is 0.766. The van der Waals surface area contributed by atoms with E-state index in [4.69, 9.17) is 5.53 Å². The van der Waals surface area contributed by atoms with Crippen LogP contribution in [0.2, 0.25) is 0 Å². The molecule has 2 aromatic rings. The number of hydrogen-bond acceptors (Lipinski definition) is 4. The maximum Gasteiger partial charge on any atom is 0.228 e. The number of carbonyl (C=O) groups is 1. The van der Waals surface area contributed by atoms with Crippen LogP contribution in [0.15, 0.2) is 22.6 Å². The van der Waals surface area contributed by atoms with Gasteiger partial charge in [-0.1, -0.05) is 11.2 Å². The molecule has 8 heteroatoms. The number of nitrogens with zero attached hydrogens (tertiary/aromatic N) is 5. The predicted octanol–water partition coefficient (Wildman–Crippen LogP) is 3.11. The number of nitrogens with one attached hydrogen (secondary N) is 1. The van der Waals surface area contributed by atoms with Gasteiger partial charge in [0.15, 0.2) is 5.82 Å². The zero-order valence-electron chi connectivity index (χ0n) is 11.5. The molecule has 0 saturated carbocycles. The van der Waals surface area contributed by atoms with Crippen LogP contribution >= 0.6 is 11.3 Å². The first-order valence-electron chi connectivity index (χ1n) is 6.60. The Hall–Kier alpha value is -2.31. The summed E-state index contributed by atoms with van der Waals surface area (Å²) in [6.07, 6.45) is 0.402. The van der Waals surface area contributed by atoms with Gasteiger partial charge in [-0.2, -0.15) is 5.10 Å². The van der Waals surface area contributed by atoms with E-state index >= 15 is 0 Å². The van der Waals surface area contributed by atoms with Crippen LogP contribution in [0.3, 0.4) is 0 Å². The molecular weight excluding hydrogens is 288 g/mol. The maximum atomic E-state index is 12.1. The average Bonchev–Trinajstić information content (AvgIpc) is 3.17. The Labute approximate surface area is 125 Å². The van der Waals surface area contributed by atoms with E-state index in [9.17, 15) is 4.79 Å². The zero-order valence-corrected chi connectivity index (χ0v) is 12.3. The molecule has 1 amide bonds. The number of aromatic nitrogens is 2. The number of aromatic amines is 1. The minimum Gasteiger partial charge on any atom is -0.295 e. The molecular formula is C13H14N6OS. The van der Waals surface area contributed by atoms with Crippen LogP contribution in [0, 0.1) is 12.8 Å². The minimum atomic E-state index is 0.0282. The highest BCUT2D eigenvalue weighted by molar-refractivity contribution is 7.13. The number of H-pyrrole nitrogens is 1. The van der Waals surface area contributed by atoms with Gasteiger partial charge in [-0.25, -0.2) is 0 Å². The highest BCUT2D eigenvalue weighted by atomic mass is 32.1. The second kappa shape index (κ2) is 5.59. The normalized spacial score (nSPS) is 18.0. The van der Waals surface area contributed by atoms with Crippen LogP contribution in [0.25, 0.3) is 21.0 Å². The van der Waals surface area contributed by atoms with Gasteiger partial charge in [0, 0.05) is 30.0 Å². The summed E-state index contributed by atoms with van der Waals surface area (Å²) in [6.45, 7) is 2.86. The van der Waals surface area contributed by atoms with E-state index in [2.05, 4.69) is 20.2 Å². The van der Waals surface area contributed by atoms with Crippen LogP contribution in [-0.4, -0.2) is 29.2 Å². The fourth-order valence-electron chi connectivity index (χ4n) is 2.57. The Morgan fingerprint density at radius 3 is 3.24 bits per heavy atom. The zero-order chi connectivity index (χ0) is 14.8. The van der Waals surface area contributed by atoms with Crippen molar-refractivity contribution < 1.29 is 4.79 Å². The quantitative estimate of drug-likeness (QED) is 0.533. The molecule has 1 fully saturated rings. The molecule has 1 aliphatic rings. The fourth-order valence-corrected chi connectivity index (χ4v) is 3.35. The highest BCUT2D eigenvalue weighted by Gasteiger charge is 2.33. The number of thiophene rings is 1. The molecule has 1 atom stereocenters. The van der Waals surface area contributed by atoms with Crippen molar-refractivity contribution in [1.82, 2.24) is 10.2 Å². The van der Waals surface area contributed by atoms with Gasteiger partial charge >= 0.3 is 0 Å². The summed E-state index contributed by atoms with van der Waals surface area (Å²) in [7, 11) is 0. The SMILES string of the molecule is Cc1c(N2CC(CN=[N+]=[N-])CC2=O)n[nH]c1-c1cccs1. The van der Waals surface area contributed by atoms with Gasteiger partial charge in [-0.05, 0) is 29.8 Å². The van der Waals surface area contributed by atoms with E-state index in [0.29, 0.717) is 25.3 Å². The lowest BCUT2D eigenvalue weighted by atomic mass is 10.1. The van der Waals surface area contributed by atoms with Crippen molar-refractivity contribution in [2.24, 2.45) is 11.0 Å². The first kappa shape index (κ1) is 13.7. The highest BCUT2D eigenvalue weighted by Crippen LogP contribution is 2.33. The predicted molar refractivity (Wildman–Crippen MR) is 81.1 cm³/mol. The molecule has 0 bridgehead atoms. The number of hydrogen-bond donors (Lipinski definition) is 1. The molecule has 1 N–H and O–H groups in total. The van der Waals surface area contributed by atoms with Crippen molar-refractivity contribution in [3.63, 3.8) is 0 Å². The first-order chi connectivity index (χ1) is 10.2. The first-order valence-corrected chi connectivity index (χ1v) is 7.48. The number of azide groups is 1. The van der Waals surface area contributed by atoms with Crippen LogP contribution in [-0.2, 0) is 4.79 Å². The molecule has 3 heterocycles. The van der Waals surface area contributed by atoms with E-state index in [1.165, 1.54) is 0 Å². The third-order valence-corrected chi connectivity index (χ3v) is 4.50. The smallest absolute Gasteiger partial charge is 0.228 e.